The summed E-state index contributed by atoms with van der Waals surface area (Å²) >= 11 is 0. The van der Waals surface area contributed by atoms with Crippen LogP contribution in [0, 0.1) is 5.41 Å². The monoisotopic (exact) mass is 755 g/mol. The van der Waals surface area contributed by atoms with Gasteiger partial charge in [0.2, 0.25) is 11.9 Å². The van der Waals surface area contributed by atoms with E-state index in [1.54, 1.807) is 12.4 Å². The van der Waals surface area contributed by atoms with Crippen LogP contribution >= 0.6 is 0 Å². The first kappa shape index (κ1) is 37.5. The molecule has 2 aliphatic heterocycles. The van der Waals surface area contributed by atoms with Gasteiger partial charge in [-0.15, -0.1) is 0 Å². The minimum absolute atomic E-state index is 0.0292. The molecule has 2 aromatic heterocycles. The van der Waals surface area contributed by atoms with E-state index >= 15 is 4.39 Å². The molecule has 54 heavy (non-hydrogen) atoms. The molecule has 2 saturated carbocycles. The lowest BCUT2D eigenvalue weighted by Crippen LogP contribution is -2.37. The van der Waals surface area contributed by atoms with Gasteiger partial charge in [0.1, 0.15) is 6.10 Å². The van der Waals surface area contributed by atoms with Crippen LogP contribution in [0.3, 0.4) is 0 Å². The van der Waals surface area contributed by atoms with Crippen LogP contribution in [0.5, 0.6) is 5.75 Å². The Hall–Kier alpha value is -3.41. The van der Waals surface area contributed by atoms with Gasteiger partial charge in [-0.05, 0) is 117 Å². The van der Waals surface area contributed by atoms with Crippen molar-refractivity contribution < 1.29 is 31.1 Å². The molecule has 292 valence electrons. The highest BCUT2D eigenvalue weighted by atomic mass is 19.4. The van der Waals surface area contributed by atoms with Crippen molar-refractivity contribution in [2.75, 3.05) is 38.1 Å². The van der Waals surface area contributed by atoms with Crippen LogP contribution in [0.4, 0.5) is 32.3 Å². The average molecular weight is 756 g/mol. The number of piperidine rings is 2. The van der Waals surface area contributed by atoms with Crippen LogP contribution in [0.15, 0.2) is 36.7 Å². The van der Waals surface area contributed by atoms with Crippen LogP contribution in [0.1, 0.15) is 142 Å². The maximum absolute atomic E-state index is 17.5. The van der Waals surface area contributed by atoms with Crippen LogP contribution in [0.2, 0.25) is 0 Å². The van der Waals surface area contributed by atoms with Crippen molar-refractivity contribution in [3.8, 4) is 5.75 Å². The molecular weight excluding hydrogens is 704 g/mol. The predicted molar refractivity (Wildman–Crippen MR) is 195 cm³/mol. The van der Waals surface area contributed by atoms with Gasteiger partial charge < -0.3 is 14.5 Å². The van der Waals surface area contributed by atoms with Gasteiger partial charge in [0.15, 0.2) is 11.9 Å². The Morgan fingerprint density at radius 1 is 0.833 bits per heavy atom. The first-order valence-electron chi connectivity index (χ1n) is 19.8. The molecular formula is C42H51F6N5O. The standard InChI is InChI=1S/C42H51F6N5O/c1-39(2)22-32-35(40(25-39)16-17-40)33(26-8-14-41(44,45)15-9-26)34(36(43)27-4-6-29(7-5-27)42(46,47)48)37(51-32)28-10-20-53(21-11-28)38-49-23-31(24-50-38)54-30-12-18-52(3)19-13-30/h4-7,23-24,26,28,30,36H,8-22,25H2,1-3H3/t36-/m0/s1. The highest BCUT2D eigenvalue weighted by molar-refractivity contribution is 5.55. The lowest BCUT2D eigenvalue weighted by Gasteiger charge is -2.43. The Balaban J connectivity index is 1.14. The lowest BCUT2D eigenvalue weighted by molar-refractivity contribution is -0.137. The molecule has 0 N–H and O–H groups in total. The first-order chi connectivity index (χ1) is 25.6. The molecule has 4 fully saturated rings. The van der Waals surface area contributed by atoms with Gasteiger partial charge in [0, 0.05) is 56.2 Å². The Morgan fingerprint density at radius 2 is 1.46 bits per heavy atom. The Kier molecular flexibility index (Phi) is 9.70. The molecule has 0 unspecified atom stereocenters. The number of hydrogen-bond donors (Lipinski definition) is 0. The zero-order valence-corrected chi connectivity index (χ0v) is 31.5. The smallest absolute Gasteiger partial charge is 0.416 e. The number of aromatic nitrogens is 3. The normalized spacial score (nSPS) is 24.0. The van der Waals surface area contributed by atoms with Crippen molar-refractivity contribution in [3.05, 3.63) is 75.9 Å². The fraction of sp³-hybridized carbons (Fsp3) is 0.643. The number of likely N-dealkylation sites (tertiary alicyclic amines) is 1. The molecule has 12 heteroatoms. The molecule has 1 spiro atoms. The summed E-state index contributed by atoms with van der Waals surface area (Å²) in [5.74, 6) is -1.93. The van der Waals surface area contributed by atoms with Crippen molar-refractivity contribution in [2.45, 2.75) is 133 Å². The van der Waals surface area contributed by atoms with Crippen LogP contribution in [-0.2, 0) is 18.0 Å². The summed E-state index contributed by atoms with van der Waals surface area (Å²) in [6, 6.07) is 4.32. The van der Waals surface area contributed by atoms with E-state index in [4.69, 9.17) is 9.72 Å². The quantitative estimate of drug-likeness (QED) is 0.224. The SMILES string of the molecule is CN1CCC(Oc2cnc(N3CCC(c4nc5c(c(C6CCC(F)(F)CC6)c4[C@@H](F)c4ccc(C(F)(F)F)cc4)C4(CC4)CC(C)(C)C5)CC3)nc2)CC1. The van der Waals surface area contributed by atoms with Crippen LogP contribution in [0.25, 0.3) is 0 Å². The van der Waals surface area contributed by atoms with E-state index in [2.05, 4.69) is 40.7 Å². The van der Waals surface area contributed by atoms with Gasteiger partial charge >= 0.3 is 6.18 Å². The predicted octanol–water partition coefficient (Wildman–Crippen LogP) is 10.1. The number of anilines is 1. The zero-order valence-electron chi connectivity index (χ0n) is 31.5. The molecule has 8 rings (SSSR count). The third-order valence-corrected chi connectivity index (χ3v) is 12.9. The van der Waals surface area contributed by atoms with Gasteiger partial charge in [-0.3, -0.25) is 4.98 Å². The Morgan fingerprint density at radius 3 is 2.06 bits per heavy atom. The Bertz CT molecular complexity index is 1800. The second-order valence-corrected chi connectivity index (χ2v) is 17.7. The van der Waals surface area contributed by atoms with Gasteiger partial charge in [-0.2, -0.15) is 13.2 Å². The van der Waals surface area contributed by atoms with E-state index in [1.807, 2.05) is 0 Å². The molecule has 6 nitrogen and oxygen atoms in total. The van der Waals surface area contributed by atoms with E-state index in [-0.39, 0.29) is 60.0 Å². The van der Waals surface area contributed by atoms with E-state index in [1.165, 1.54) is 12.1 Å². The maximum atomic E-state index is 17.5. The number of pyridine rings is 1. The summed E-state index contributed by atoms with van der Waals surface area (Å²) < 4.78 is 93.6. The van der Waals surface area contributed by atoms with Crippen molar-refractivity contribution in [2.24, 2.45) is 5.41 Å². The molecule has 0 radical (unpaired) electrons. The number of rotatable bonds is 7. The highest BCUT2D eigenvalue weighted by Gasteiger charge is 2.55. The van der Waals surface area contributed by atoms with E-state index in [0.717, 1.165) is 74.1 Å². The maximum Gasteiger partial charge on any atom is 0.416 e. The van der Waals surface area contributed by atoms with Crippen molar-refractivity contribution >= 4 is 5.95 Å². The van der Waals surface area contributed by atoms with Crippen LogP contribution < -0.4 is 9.64 Å². The molecule has 4 heterocycles. The fourth-order valence-electron chi connectivity index (χ4n) is 10.0. The summed E-state index contributed by atoms with van der Waals surface area (Å²) in [4.78, 5) is 19.1. The molecule has 2 saturated heterocycles. The number of nitrogens with zero attached hydrogens (tertiary/aromatic N) is 5. The minimum Gasteiger partial charge on any atom is -0.487 e. The van der Waals surface area contributed by atoms with Gasteiger partial charge in [0.05, 0.1) is 23.7 Å². The summed E-state index contributed by atoms with van der Waals surface area (Å²) in [6.07, 6.45) is 3.95. The van der Waals surface area contributed by atoms with Crippen molar-refractivity contribution in [3.63, 3.8) is 0 Å². The third-order valence-electron chi connectivity index (χ3n) is 12.9. The summed E-state index contributed by atoms with van der Waals surface area (Å²) in [7, 11) is 2.11. The van der Waals surface area contributed by atoms with E-state index in [0.29, 0.717) is 55.3 Å². The molecule has 0 bridgehead atoms. The van der Waals surface area contributed by atoms with Gasteiger partial charge in [-0.25, -0.2) is 23.1 Å². The Labute approximate surface area is 314 Å². The average Bonchev–Trinajstić information content (AvgIpc) is 3.90. The molecule has 5 aliphatic rings. The summed E-state index contributed by atoms with van der Waals surface area (Å²) in [5.41, 5.74) is 2.99. The van der Waals surface area contributed by atoms with Gasteiger partial charge in [0.25, 0.3) is 0 Å². The van der Waals surface area contributed by atoms with E-state index in [9.17, 15) is 22.0 Å². The number of hydrogen-bond acceptors (Lipinski definition) is 6. The number of benzene rings is 1. The summed E-state index contributed by atoms with van der Waals surface area (Å²) in [6.45, 7) is 7.68. The molecule has 0 amide bonds. The molecule has 1 aromatic carbocycles. The number of alkyl halides is 6. The number of ether oxygens (including phenoxy) is 1. The zero-order chi connectivity index (χ0) is 38.0. The highest BCUT2D eigenvalue weighted by Crippen LogP contribution is 2.63. The second kappa shape index (κ2) is 14.0. The molecule has 3 aromatic rings. The second-order valence-electron chi connectivity index (χ2n) is 17.7. The number of halogens is 6. The number of fused-ring (bicyclic) bond motifs is 2. The lowest BCUT2D eigenvalue weighted by atomic mass is 9.64. The first-order valence-corrected chi connectivity index (χ1v) is 19.8. The fourth-order valence-corrected chi connectivity index (χ4v) is 10.0. The van der Waals surface area contributed by atoms with Gasteiger partial charge in [-0.1, -0.05) is 26.0 Å². The van der Waals surface area contributed by atoms with Crippen LogP contribution in [-0.4, -0.2) is 65.1 Å². The van der Waals surface area contributed by atoms with Crippen molar-refractivity contribution in [1.29, 1.82) is 0 Å². The molecule has 1 atom stereocenters. The van der Waals surface area contributed by atoms with Crippen molar-refractivity contribution in [1.82, 2.24) is 19.9 Å². The summed E-state index contributed by atoms with van der Waals surface area (Å²) in [5, 5.41) is 0. The van der Waals surface area contributed by atoms with E-state index < -0.39 is 23.8 Å². The largest absolute Gasteiger partial charge is 0.487 e. The minimum atomic E-state index is -4.55. The molecule has 3 aliphatic carbocycles. The third kappa shape index (κ3) is 7.57. The topological polar surface area (TPSA) is 54.4 Å².